The molecular formula is C19H33BrN2O3Si. The van der Waals surface area contributed by atoms with E-state index >= 15 is 0 Å². The third-order valence-electron chi connectivity index (χ3n) is 4.41. The smallest absolute Gasteiger partial charge is 0.414 e. The van der Waals surface area contributed by atoms with Gasteiger partial charge in [-0.05, 0) is 67.3 Å². The van der Waals surface area contributed by atoms with E-state index in [9.17, 15) is 4.79 Å². The zero-order valence-electron chi connectivity index (χ0n) is 17.4. The van der Waals surface area contributed by atoms with Gasteiger partial charge < -0.3 is 9.16 Å². The highest BCUT2D eigenvalue weighted by atomic mass is 79.9. The molecule has 26 heavy (non-hydrogen) atoms. The lowest BCUT2D eigenvalue weighted by molar-refractivity contribution is 0.0578. The van der Waals surface area contributed by atoms with E-state index in [-0.39, 0.29) is 11.1 Å². The summed E-state index contributed by atoms with van der Waals surface area (Å²) in [5.74, 6) is 0. The Morgan fingerprint density at radius 1 is 1.19 bits per heavy atom. The van der Waals surface area contributed by atoms with Crippen LogP contribution in [-0.4, -0.2) is 38.1 Å². The van der Waals surface area contributed by atoms with Gasteiger partial charge in [0, 0.05) is 23.8 Å². The molecule has 0 N–H and O–H groups in total. The van der Waals surface area contributed by atoms with Crippen molar-refractivity contribution >= 4 is 36.0 Å². The van der Waals surface area contributed by atoms with E-state index in [4.69, 9.17) is 9.16 Å². The zero-order valence-corrected chi connectivity index (χ0v) is 19.9. The minimum Gasteiger partial charge on any atom is -0.443 e. The van der Waals surface area contributed by atoms with E-state index in [0.717, 1.165) is 10.9 Å². The van der Waals surface area contributed by atoms with Crippen LogP contribution < -0.4 is 4.90 Å². The van der Waals surface area contributed by atoms with E-state index < -0.39 is 13.9 Å². The maximum atomic E-state index is 12.6. The number of carbonyl (C=O) groups is 1. The lowest BCUT2D eigenvalue weighted by Gasteiger charge is -2.36. The average Bonchev–Trinajstić information content (AvgIpc) is 2.43. The maximum Gasteiger partial charge on any atom is 0.414 e. The second-order valence-corrected chi connectivity index (χ2v) is 14.7. The monoisotopic (exact) mass is 444 g/mol. The number of pyridine rings is 1. The number of ether oxygens (including phenoxy) is 1. The molecule has 0 radical (unpaired) electrons. The number of rotatable bonds is 6. The number of hydrogen-bond donors (Lipinski definition) is 0. The fourth-order valence-electron chi connectivity index (χ4n) is 1.96. The molecule has 0 saturated heterocycles. The molecule has 0 aliphatic heterocycles. The van der Waals surface area contributed by atoms with Crippen molar-refractivity contribution in [1.82, 2.24) is 4.98 Å². The quantitative estimate of drug-likeness (QED) is 0.398. The highest BCUT2D eigenvalue weighted by Gasteiger charge is 2.37. The number of amides is 1. The molecule has 0 spiro atoms. The van der Waals surface area contributed by atoms with E-state index in [1.54, 1.807) is 17.3 Å². The summed E-state index contributed by atoms with van der Waals surface area (Å²) in [6.45, 7) is 17.9. The SMILES string of the molecule is CC(C)(C)OC(=O)N(CCCO[Si](C)(C)C(C)(C)C)c1cncc(Br)c1. The Morgan fingerprint density at radius 3 is 2.31 bits per heavy atom. The van der Waals surface area contributed by atoms with Crippen molar-refractivity contribution in [1.29, 1.82) is 0 Å². The van der Waals surface area contributed by atoms with Gasteiger partial charge in [0.1, 0.15) is 5.60 Å². The molecule has 0 fully saturated rings. The number of carbonyl (C=O) groups excluding carboxylic acids is 1. The number of aromatic nitrogens is 1. The molecule has 1 heterocycles. The molecule has 0 saturated carbocycles. The highest BCUT2D eigenvalue weighted by molar-refractivity contribution is 9.10. The molecule has 1 rings (SSSR count). The highest BCUT2D eigenvalue weighted by Crippen LogP contribution is 2.36. The molecule has 0 bridgehead atoms. The van der Waals surface area contributed by atoms with Gasteiger partial charge in [0.05, 0.1) is 11.9 Å². The van der Waals surface area contributed by atoms with Gasteiger partial charge in [-0.3, -0.25) is 9.88 Å². The molecule has 1 amide bonds. The fourth-order valence-corrected chi connectivity index (χ4v) is 3.40. The van der Waals surface area contributed by atoms with Crippen molar-refractivity contribution in [3.05, 3.63) is 22.9 Å². The van der Waals surface area contributed by atoms with Gasteiger partial charge in [0.2, 0.25) is 0 Å². The van der Waals surface area contributed by atoms with Gasteiger partial charge in [0.25, 0.3) is 0 Å². The largest absolute Gasteiger partial charge is 0.443 e. The normalized spacial score (nSPS) is 12.8. The van der Waals surface area contributed by atoms with Crippen LogP contribution in [0.15, 0.2) is 22.9 Å². The molecular weight excluding hydrogens is 412 g/mol. The summed E-state index contributed by atoms with van der Waals surface area (Å²) in [6, 6.07) is 1.87. The third-order valence-corrected chi connectivity index (χ3v) is 9.38. The molecule has 0 unspecified atom stereocenters. The molecule has 5 nitrogen and oxygen atoms in total. The van der Waals surface area contributed by atoms with Crippen LogP contribution in [0.25, 0.3) is 0 Å². The fraction of sp³-hybridized carbons (Fsp3) is 0.684. The average molecular weight is 445 g/mol. The second kappa shape index (κ2) is 8.84. The van der Waals surface area contributed by atoms with Crippen molar-refractivity contribution < 1.29 is 14.0 Å². The number of nitrogens with zero attached hydrogens (tertiary/aromatic N) is 2. The van der Waals surface area contributed by atoms with Gasteiger partial charge >= 0.3 is 6.09 Å². The third kappa shape index (κ3) is 7.37. The maximum absolute atomic E-state index is 12.6. The number of hydrogen-bond acceptors (Lipinski definition) is 4. The summed E-state index contributed by atoms with van der Waals surface area (Å²) >= 11 is 3.41. The van der Waals surface area contributed by atoms with E-state index in [2.05, 4.69) is 54.8 Å². The number of anilines is 1. The Morgan fingerprint density at radius 2 is 1.81 bits per heavy atom. The topological polar surface area (TPSA) is 51.7 Å². The van der Waals surface area contributed by atoms with Crippen LogP contribution in [0.4, 0.5) is 10.5 Å². The van der Waals surface area contributed by atoms with Crippen LogP contribution >= 0.6 is 15.9 Å². The van der Waals surface area contributed by atoms with Gasteiger partial charge in [0.15, 0.2) is 8.32 Å². The van der Waals surface area contributed by atoms with E-state index in [1.807, 2.05) is 26.8 Å². The Bertz CT molecular complexity index is 610. The molecule has 0 atom stereocenters. The van der Waals surface area contributed by atoms with Crippen molar-refractivity contribution in [2.45, 2.75) is 71.7 Å². The molecule has 7 heteroatoms. The Labute approximate surface area is 167 Å². The van der Waals surface area contributed by atoms with Gasteiger partial charge in [-0.2, -0.15) is 0 Å². The van der Waals surface area contributed by atoms with Crippen LogP contribution in [-0.2, 0) is 9.16 Å². The van der Waals surface area contributed by atoms with Crippen molar-refractivity contribution in [2.75, 3.05) is 18.1 Å². The first-order valence-corrected chi connectivity index (χ1v) is 12.7. The predicted molar refractivity (Wildman–Crippen MR) is 113 cm³/mol. The predicted octanol–water partition coefficient (Wildman–Crippen LogP) is 6.00. The van der Waals surface area contributed by atoms with Crippen LogP contribution in [0.5, 0.6) is 0 Å². The van der Waals surface area contributed by atoms with E-state index in [1.165, 1.54) is 0 Å². The molecule has 0 aromatic carbocycles. The summed E-state index contributed by atoms with van der Waals surface area (Å²) in [7, 11) is -1.79. The van der Waals surface area contributed by atoms with E-state index in [0.29, 0.717) is 18.8 Å². The van der Waals surface area contributed by atoms with Crippen LogP contribution in [0.2, 0.25) is 18.1 Å². The molecule has 1 aromatic rings. The first kappa shape index (κ1) is 23.1. The molecule has 0 aliphatic carbocycles. The van der Waals surface area contributed by atoms with Crippen molar-refractivity contribution in [2.24, 2.45) is 0 Å². The lowest BCUT2D eigenvalue weighted by atomic mass is 10.2. The summed E-state index contributed by atoms with van der Waals surface area (Å²) in [4.78, 5) is 18.4. The molecule has 0 aliphatic rings. The standard InChI is InChI=1S/C19H33BrN2O3Si/c1-18(2,3)25-17(23)22(16-12-15(20)13-21-14-16)10-9-11-24-26(7,8)19(4,5)6/h12-14H,9-11H2,1-8H3. The summed E-state index contributed by atoms with van der Waals surface area (Å²) < 4.78 is 12.6. The van der Waals surface area contributed by atoms with Crippen LogP contribution in [0.3, 0.4) is 0 Å². The summed E-state index contributed by atoms with van der Waals surface area (Å²) in [6.07, 6.45) is 3.73. The molecule has 148 valence electrons. The Balaban J connectivity index is 2.79. The zero-order chi connectivity index (χ0) is 20.2. The summed E-state index contributed by atoms with van der Waals surface area (Å²) in [5, 5.41) is 0.173. The second-order valence-electron chi connectivity index (χ2n) is 8.96. The Kier molecular flexibility index (Phi) is 7.86. The summed E-state index contributed by atoms with van der Waals surface area (Å²) in [5.41, 5.74) is 0.160. The van der Waals surface area contributed by atoms with Gasteiger partial charge in [-0.1, -0.05) is 20.8 Å². The molecule has 1 aromatic heterocycles. The number of halogens is 1. The lowest BCUT2D eigenvalue weighted by Crippen LogP contribution is -2.42. The van der Waals surface area contributed by atoms with Gasteiger partial charge in [-0.25, -0.2) is 4.79 Å². The van der Waals surface area contributed by atoms with Crippen LogP contribution in [0.1, 0.15) is 48.0 Å². The van der Waals surface area contributed by atoms with Gasteiger partial charge in [-0.15, -0.1) is 0 Å². The Hall–Kier alpha value is -0.923. The van der Waals surface area contributed by atoms with Crippen molar-refractivity contribution in [3.63, 3.8) is 0 Å². The van der Waals surface area contributed by atoms with Crippen molar-refractivity contribution in [3.8, 4) is 0 Å². The minimum absolute atomic E-state index is 0.173. The van der Waals surface area contributed by atoms with Crippen LogP contribution in [0, 0.1) is 0 Å². The first-order valence-electron chi connectivity index (χ1n) is 8.98. The minimum atomic E-state index is -1.79. The first-order chi connectivity index (χ1) is 11.7.